The molecule has 0 rings (SSSR count). The maximum Gasteiger partial charge on any atom is 0.305 e. The Morgan fingerprint density at radius 1 is 1.44 bits per heavy atom. The van der Waals surface area contributed by atoms with E-state index >= 15 is 0 Å². The van der Waals surface area contributed by atoms with Crippen LogP contribution in [0.4, 0.5) is 0 Å². The van der Waals surface area contributed by atoms with Crippen molar-refractivity contribution in [3.8, 4) is 0 Å². The fraction of sp³-hybridized carbons (Fsp3) is 0.833. The second-order valence-electron chi connectivity index (χ2n) is 1.56. The minimum Gasteiger partial charge on any atom is -0.466 e. The summed E-state index contributed by atoms with van der Waals surface area (Å²) in [6, 6.07) is 0. The van der Waals surface area contributed by atoms with Crippen molar-refractivity contribution in [3.63, 3.8) is 0 Å². The Bertz CT molecular complexity index is 65.5. The van der Waals surface area contributed by atoms with Gasteiger partial charge in [0, 0.05) is 23.5 Å². The largest absolute Gasteiger partial charge is 0.466 e. The third-order valence-corrected chi connectivity index (χ3v) is 0.759. The first-order valence-corrected chi connectivity index (χ1v) is 2.96. The summed E-state index contributed by atoms with van der Waals surface area (Å²) in [7, 11) is 0. The Morgan fingerprint density at radius 3 is 2.33 bits per heavy atom. The normalized spacial score (nSPS) is 7.78. The molecule has 0 fully saturated rings. The van der Waals surface area contributed by atoms with Crippen LogP contribution in [0.15, 0.2) is 0 Å². The fourth-order valence-electron chi connectivity index (χ4n) is 0.437. The van der Waals surface area contributed by atoms with E-state index < -0.39 is 0 Å². The first kappa shape index (κ1) is 11.7. The summed E-state index contributed by atoms with van der Waals surface area (Å²) in [5.74, 6) is -0.0880. The molecule has 0 aromatic heterocycles. The maximum atomic E-state index is 10.4. The predicted octanol–water partition coefficient (Wildman–Crippen LogP) is 1.35. The molecular weight excluding hydrogens is 168 g/mol. The van der Waals surface area contributed by atoms with Crippen LogP contribution in [0, 0.1) is 0 Å². The Kier molecular flexibility index (Phi) is 10.4. The summed E-state index contributed by atoms with van der Waals surface area (Å²) in [6.07, 6.45) is 1.42. The number of carbonyl (C=O) groups excluding carboxylic acids is 1. The molecule has 0 amide bonds. The van der Waals surface area contributed by atoms with E-state index in [1.165, 1.54) is 0 Å². The second kappa shape index (κ2) is 7.99. The standard InChI is InChI=1S/C6H12O2.Cu/c1-3-5-6(7)8-4-2;/h3-5H2,1-2H3;. The van der Waals surface area contributed by atoms with Crippen molar-refractivity contribution in [2.75, 3.05) is 6.61 Å². The Balaban J connectivity index is 0. The van der Waals surface area contributed by atoms with Crippen LogP contribution in [-0.4, -0.2) is 12.6 Å². The monoisotopic (exact) mass is 179 g/mol. The molecule has 0 bridgehead atoms. The Morgan fingerprint density at radius 2 is 2.00 bits per heavy atom. The van der Waals surface area contributed by atoms with Gasteiger partial charge in [0.05, 0.1) is 6.61 Å². The molecule has 0 aromatic rings. The van der Waals surface area contributed by atoms with Crippen molar-refractivity contribution in [1.82, 2.24) is 0 Å². The number of esters is 1. The molecular formula is C6H12CuO2. The molecule has 1 radical (unpaired) electrons. The van der Waals surface area contributed by atoms with Crippen molar-refractivity contribution in [3.05, 3.63) is 0 Å². The van der Waals surface area contributed by atoms with Gasteiger partial charge >= 0.3 is 5.97 Å². The number of carbonyl (C=O) groups is 1. The van der Waals surface area contributed by atoms with E-state index in [1.807, 2.05) is 13.8 Å². The van der Waals surface area contributed by atoms with Gasteiger partial charge in [0.15, 0.2) is 0 Å². The number of rotatable bonds is 3. The number of hydrogen-bond donors (Lipinski definition) is 0. The van der Waals surface area contributed by atoms with E-state index in [2.05, 4.69) is 4.74 Å². The average molecular weight is 180 g/mol. The van der Waals surface area contributed by atoms with Gasteiger partial charge in [-0.1, -0.05) is 6.92 Å². The van der Waals surface area contributed by atoms with E-state index in [0.717, 1.165) is 6.42 Å². The molecule has 0 unspecified atom stereocenters. The Hall–Kier alpha value is -0.0105. The maximum absolute atomic E-state index is 10.4. The van der Waals surface area contributed by atoms with Crippen molar-refractivity contribution >= 4 is 5.97 Å². The van der Waals surface area contributed by atoms with Crippen LogP contribution in [0.1, 0.15) is 26.7 Å². The quantitative estimate of drug-likeness (QED) is 0.483. The average Bonchev–Trinajstić information content (AvgIpc) is 1.68. The zero-order chi connectivity index (χ0) is 6.41. The van der Waals surface area contributed by atoms with Crippen molar-refractivity contribution in [2.45, 2.75) is 26.7 Å². The van der Waals surface area contributed by atoms with E-state index in [9.17, 15) is 4.79 Å². The first-order chi connectivity index (χ1) is 3.81. The van der Waals surface area contributed by atoms with Crippen LogP contribution in [0.2, 0.25) is 0 Å². The molecule has 0 atom stereocenters. The van der Waals surface area contributed by atoms with Crippen LogP contribution in [0.5, 0.6) is 0 Å². The van der Waals surface area contributed by atoms with Crippen LogP contribution in [-0.2, 0) is 26.6 Å². The zero-order valence-corrected chi connectivity index (χ0v) is 6.68. The van der Waals surface area contributed by atoms with Gasteiger partial charge in [-0.05, 0) is 13.3 Å². The summed E-state index contributed by atoms with van der Waals surface area (Å²) in [5.41, 5.74) is 0. The van der Waals surface area contributed by atoms with Gasteiger partial charge in [0.2, 0.25) is 0 Å². The summed E-state index contributed by atoms with van der Waals surface area (Å²) < 4.78 is 4.64. The minimum absolute atomic E-state index is 0. The van der Waals surface area contributed by atoms with Crippen molar-refractivity contribution < 1.29 is 26.6 Å². The SMILES string of the molecule is CCCC(=O)OCC.[Cu]. The topological polar surface area (TPSA) is 26.3 Å². The predicted molar refractivity (Wildman–Crippen MR) is 31.5 cm³/mol. The molecule has 0 N–H and O–H groups in total. The molecule has 0 saturated heterocycles. The van der Waals surface area contributed by atoms with Crippen LogP contribution in [0.25, 0.3) is 0 Å². The third-order valence-electron chi connectivity index (χ3n) is 0.759. The van der Waals surface area contributed by atoms with Gasteiger partial charge in [-0.15, -0.1) is 0 Å². The molecule has 0 aliphatic heterocycles. The van der Waals surface area contributed by atoms with Gasteiger partial charge in [0.1, 0.15) is 0 Å². The molecule has 0 aromatic carbocycles. The molecule has 0 aliphatic rings. The van der Waals surface area contributed by atoms with Crippen LogP contribution < -0.4 is 0 Å². The smallest absolute Gasteiger partial charge is 0.305 e. The van der Waals surface area contributed by atoms with Gasteiger partial charge in [0.25, 0.3) is 0 Å². The summed E-state index contributed by atoms with van der Waals surface area (Å²) in [4.78, 5) is 10.4. The van der Waals surface area contributed by atoms with Gasteiger partial charge in [-0.2, -0.15) is 0 Å². The summed E-state index contributed by atoms with van der Waals surface area (Å²) in [6.45, 7) is 4.27. The minimum atomic E-state index is -0.0880. The van der Waals surface area contributed by atoms with Crippen LogP contribution in [0.3, 0.4) is 0 Å². The third kappa shape index (κ3) is 7.99. The summed E-state index contributed by atoms with van der Waals surface area (Å²) >= 11 is 0. The molecule has 0 spiro atoms. The van der Waals surface area contributed by atoms with Gasteiger partial charge in [-0.3, -0.25) is 4.79 Å². The van der Waals surface area contributed by atoms with E-state index in [0.29, 0.717) is 13.0 Å². The number of ether oxygens (including phenoxy) is 1. The van der Waals surface area contributed by atoms with Crippen LogP contribution >= 0.6 is 0 Å². The summed E-state index contributed by atoms with van der Waals surface area (Å²) in [5, 5.41) is 0. The van der Waals surface area contributed by atoms with Crippen molar-refractivity contribution in [2.24, 2.45) is 0 Å². The fourth-order valence-corrected chi connectivity index (χ4v) is 0.437. The molecule has 2 nitrogen and oxygen atoms in total. The molecule has 0 heterocycles. The molecule has 0 aliphatic carbocycles. The van der Waals surface area contributed by atoms with E-state index in [1.54, 1.807) is 0 Å². The molecule has 9 heavy (non-hydrogen) atoms. The van der Waals surface area contributed by atoms with E-state index in [4.69, 9.17) is 0 Å². The van der Waals surface area contributed by atoms with Gasteiger partial charge in [-0.25, -0.2) is 0 Å². The zero-order valence-electron chi connectivity index (χ0n) is 5.74. The molecule has 3 heteroatoms. The molecule has 0 saturated carbocycles. The second-order valence-corrected chi connectivity index (χ2v) is 1.56. The molecule has 59 valence electrons. The first-order valence-electron chi connectivity index (χ1n) is 2.96. The van der Waals surface area contributed by atoms with Crippen molar-refractivity contribution in [1.29, 1.82) is 0 Å². The van der Waals surface area contributed by atoms with Gasteiger partial charge < -0.3 is 4.74 Å². The number of hydrogen-bond acceptors (Lipinski definition) is 2. The van der Waals surface area contributed by atoms with E-state index in [-0.39, 0.29) is 23.0 Å². The Labute approximate surface area is 66.4 Å².